The van der Waals surface area contributed by atoms with Crippen LogP contribution >= 0.6 is 23.5 Å². The third-order valence-corrected chi connectivity index (χ3v) is 6.93. The molecule has 2 aromatic heterocycles. The summed E-state index contributed by atoms with van der Waals surface area (Å²) in [6.07, 6.45) is 6.17. The Morgan fingerprint density at radius 2 is 2.04 bits per heavy atom. The largest absolute Gasteiger partial charge is 0.365 e. The molecule has 3 heterocycles. The molecule has 1 N–H and O–H groups in total. The Hall–Kier alpha value is -1.38. The van der Waals surface area contributed by atoms with Gasteiger partial charge in [-0.15, -0.1) is 0 Å². The maximum atomic E-state index is 13.2. The van der Waals surface area contributed by atoms with Crippen LogP contribution in [0.25, 0.3) is 11.2 Å². The van der Waals surface area contributed by atoms with Gasteiger partial charge in [-0.1, -0.05) is 18.9 Å². The summed E-state index contributed by atoms with van der Waals surface area (Å²) in [5.41, 5.74) is 1.02. The summed E-state index contributed by atoms with van der Waals surface area (Å²) < 4.78 is 4.20. The molecule has 2 fully saturated rings. The molecule has 9 heteroatoms. The number of hydrogen-bond acceptors (Lipinski definition) is 7. The molecule has 0 aromatic carbocycles. The van der Waals surface area contributed by atoms with Crippen molar-refractivity contribution in [3.8, 4) is 0 Å². The van der Waals surface area contributed by atoms with Crippen LogP contribution in [0.15, 0.2) is 11.0 Å². The maximum Gasteiger partial charge on any atom is 0.295 e. The minimum atomic E-state index is -0.111. The van der Waals surface area contributed by atoms with Gasteiger partial charge in [0.05, 0.1) is 6.20 Å². The second-order valence-corrected chi connectivity index (χ2v) is 9.42. The highest BCUT2D eigenvalue weighted by atomic mass is 35.5. The first-order valence-corrected chi connectivity index (χ1v) is 11.5. The second-order valence-electron chi connectivity index (χ2n) is 7.73. The van der Waals surface area contributed by atoms with Crippen LogP contribution in [0, 0.1) is 11.8 Å². The van der Waals surface area contributed by atoms with Crippen molar-refractivity contribution in [2.75, 3.05) is 30.7 Å². The lowest BCUT2D eigenvalue weighted by Gasteiger charge is -2.30. The summed E-state index contributed by atoms with van der Waals surface area (Å²) in [5.74, 6) is 2.59. The van der Waals surface area contributed by atoms with Crippen LogP contribution in [0.1, 0.15) is 45.6 Å². The zero-order valence-corrected chi connectivity index (χ0v) is 18.0. The van der Waals surface area contributed by atoms with Crippen LogP contribution in [-0.4, -0.2) is 49.2 Å². The molecule has 1 atom stereocenters. The zero-order valence-electron chi connectivity index (χ0n) is 16.4. The predicted molar refractivity (Wildman–Crippen MR) is 115 cm³/mol. The van der Waals surface area contributed by atoms with E-state index in [1.165, 1.54) is 0 Å². The minimum absolute atomic E-state index is 0.0822. The lowest BCUT2D eigenvalue weighted by Crippen LogP contribution is -2.34. The van der Waals surface area contributed by atoms with E-state index in [0.29, 0.717) is 28.8 Å². The fourth-order valence-electron chi connectivity index (χ4n) is 3.93. The van der Waals surface area contributed by atoms with Gasteiger partial charge in [0, 0.05) is 31.4 Å². The minimum Gasteiger partial charge on any atom is -0.365 e. The number of hydrogen-bond donors (Lipinski definition) is 1. The fraction of sp³-hybridized carbons (Fsp3) is 0.684. The molecule has 2 aliphatic rings. The molecule has 1 aliphatic heterocycles. The van der Waals surface area contributed by atoms with Crippen molar-refractivity contribution in [2.24, 2.45) is 11.8 Å². The lowest BCUT2D eigenvalue weighted by atomic mass is 9.98. The first kappa shape index (κ1) is 19.9. The summed E-state index contributed by atoms with van der Waals surface area (Å²) in [6, 6.07) is 0.0822. The summed E-state index contributed by atoms with van der Waals surface area (Å²) in [6.45, 7) is 7.24. The van der Waals surface area contributed by atoms with Crippen molar-refractivity contribution in [2.45, 2.75) is 45.6 Å². The van der Waals surface area contributed by atoms with E-state index in [-0.39, 0.29) is 16.9 Å². The number of nitrogens with one attached hydrogen (secondary N) is 1. The molecule has 0 bridgehead atoms. The number of piperidine rings is 1. The predicted octanol–water partition coefficient (Wildman–Crippen LogP) is 3.60. The normalized spacial score (nSPS) is 19.8. The number of halogens is 1. The molecule has 7 nitrogen and oxygen atoms in total. The molecule has 152 valence electrons. The van der Waals surface area contributed by atoms with E-state index < -0.39 is 0 Å². The van der Waals surface area contributed by atoms with Gasteiger partial charge in [-0.25, -0.2) is 9.97 Å². The van der Waals surface area contributed by atoms with Crippen molar-refractivity contribution in [1.82, 2.24) is 23.8 Å². The van der Waals surface area contributed by atoms with E-state index >= 15 is 0 Å². The molecule has 1 saturated carbocycles. The molecule has 0 amide bonds. The Morgan fingerprint density at radius 3 is 2.71 bits per heavy atom. The van der Waals surface area contributed by atoms with Gasteiger partial charge in [0.15, 0.2) is 11.5 Å². The topological polar surface area (TPSA) is 75.9 Å². The smallest absolute Gasteiger partial charge is 0.295 e. The average Bonchev–Trinajstić information content (AvgIpc) is 3.53. The van der Waals surface area contributed by atoms with Crippen molar-refractivity contribution in [1.29, 1.82) is 0 Å². The van der Waals surface area contributed by atoms with Gasteiger partial charge >= 0.3 is 0 Å². The third-order valence-electron chi connectivity index (χ3n) is 5.76. The third kappa shape index (κ3) is 4.28. The van der Waals surface area contributed by atoms with Gasteiger partial charge in [0.1, 0.15) is 5.52 Å². The molecule has 0 unspecified atom stereocenters. The molecule has 4 rings (SSSR count). The monoisotopic (exact) mass is 422 g/mol. The summed E-state index contributed by atoms with van der Waals surface area (Å²) in [5, 5.41) is 3.47. The first-order chi connectivity index (χ1) is 13.6. The molecular weight excluding hydrogens is 396 g/mol. The Labute approximate surface area is 174 Å². The van der Waals surface area contributed by atoms with E-state index in [9.17, 15) is 4.79 Å². The lowest BCUT2D eigenvalue weighted by molar-refractivity contribution is 0.301. The van der Waals surface area contributed by atoms with E-state index in [0.717, 1.165) is 51.1 Å². The van der Waals surface area contributed by atoms with E-state index in [1.807, 2.05) is 11.9 Å². The van der Waals surface area contributed by atoms with Crippen LogP contribution in [0.4, 0.5) is 5.82 Å². The quantitative estimate of drug-likeness (QED) is 0.539. The zero-order chi connectivity index (χ0) is 19.7. The van der Waals surface area contributed by atoms with Crippen molar-refractivity contribution in [3.05, 3.63) is 21.8 Å². The molecule has 1 saturated heterocycles. The first-order valence-electron chi connectivity index (χ1n) is 10.1. The Morgan fingerprint density at radius 1 is 1.29 bits per heavy atom. The molecule has 2 aromatic rings. The standard InChI is InChI=1S/C19H27ClN6OS/c1-3-28-25-8-6-13(7-9-25)10-21-16-18(27)26(12(2)14-4-5-14)17-15(23-16)11-22-19(20)24-17/h11-14H,3-10H2,1-2H3,(H,21,23)/t12-/m1/s1. The highest BCUT2D eigenvalue weighted by Gasteiger charge is 2.32. The molecule has 0 spiro atoms. The van der Waals surface area contributed by atoms with Gasteiger partial charge in [-0.05, 0) is 56.0 Å². The van der Waals surface area contributed by atoms with Crippen molar-refractivity contribution < 1.29 is 0 Å². The van der Waals surface area contributed by atoms with Crippen LogP contribution in [0.2, 0.25) is 5.28 Å². The maximum absolute atomic E-state index is 13.2. The van der Waals surface area contributed by atoms with Gasteiger partial charge < -0.3 is 5.32 Å². The number of fused-ring (bicyclic) bond motifs is 1. The van der Waals surface area contributed by atoms with Crippen LogP contribution in [0.5, 0.6) is 0 Å². The van der Waals surface area contributed by atoms with Crippen LogP contribution < -0.4 is 10.9 Å². The van der Waals surface area contributed by atoms with Gasteiger partial charge in [-0.3, -0.25) is 13.7 Å². The van der Waals surface area contributed by atoms with Gasteiger partial charge in [0.25, 0.3) is 5.56 Å². The molecule has 28 heavy (non-hydrogen) atoms. The number of rotatable bonds is 7. The van der Waals surface area contributed by atoms with Gasteiger partial charge in [-0.2, -0.15) is 4.98 Å². The Kier molecular flexibility index (Phi) is 6.08. The SMILES string of the molecule is CCSN1CCC(CNc2nc3cnc(Cl)nc3n([C@H](C)C3CC3)c2=O)CC1. The van der Waals surface area contributed by atoms with E-state index in [4.69, 9.17) is 11.6 Å². The molecular formula is C19H27ClN6OS. The average molecular weight is 423 g/mol. The summed E-state index contributed by atoms with van der Waals surface area (Å²) in [4.78, 5) is 26.1. The van der Waals surface area contributed by atoms with Crippen LogP contribution in [0.3, 0.4) is 0 Å². The van der Waals surface area contributed by atoms with Crippen molar-refractivity contribution in [3.63, 3.8) is 0 Å². The second kappa shape index (κ2) is 8.55. The fourth-order valence-corrected chi connectivity index (χ4v) is 4.89. The highest BCUT2D eigenvalue weighted by molar-refractivity contribution is 7.96. The Balaban J connectivity index is 1.55. The van der Waals surface area contributed by atoms with E-state index in [1.54, 1.807) is 10.8 Å². The van der Waals surface area contributed by atoms with Crippen molar-refractivity contribution >= 4 is 40.5 Å². The Bertz CT molecular complexity index is 894. The number of nitrogens with zero attached hydrogens (tertiary/aromatic N) is 5. The molecule has 0 radical (unpaired) electrons. The van der Waals surface area contributed by atoms with Gasteiger partial charge in [0.2, 0.25) is 5.28 Å². The number of anilines is 1. The summed E-state index contributed by atoms with van der Waals surface area (Å²) >= 11 is 7.90. The van der Waals surface area contributed by atoms with Crippen LogP contribution in [-0.2, 0) is 0 Å². The highest BCUT2D eigenvalue weighted by Crippen LogP contribution is 2.39. The summed E-state index contributed by atoms with van der Waals surface area (Å²) in [7, 11) is 0. The number of aromatic nitrogens is 4. The molecule has 1 aliphatic carbocycles. The van der Waals surface area contributed by atoms with E-state index in [2.05, 4.69) is 38.4 Å².